The highest BCUT2D eigenvalue weighted by atomic mass is 32.1. The van der Waals surface area contributed by atoms with Gasteiger partial charge >= 0.3 is 0 Å². The van der Waals surface area contributed by atoms with Crippen molar-refractivity contribution in [2.75, 3.05) is 6.54 Å². The quantitative estimate of drug-likeness (QED) is 0.786. The molecule has 0 heterocycles. The molecule has 1 amide bonds. The van der Waals surface area contributed by atoms with Crippen LogP contribution in [0.3, 0.4) is 0 Å². The molecule has 0 saturated carbocycles. The molecule has 1 rings (SSSR count). The maximum absolute atomic E-state index is 11.8. The molecule has 16 heavy (non-hydrogen) atoms. The summed E-state index contributed by atoms with van der Waals surface area (Å²) in [5.41, 5.74) is 0.985. The van der Waals surface area contributed by atoms with Crippen LogP contribution in [0, 0.1) is 0 Å². The van der Waals surface area contributed by atoms with Crippen molar-refractivity contribution in [3.8, 4) is 0 Å². The first-order valence-electron chi connectivity index (χ1n) is 5.28. The van der Waals surface area contributed by atoms with E-state index in [1.807, 2.05) is 44.2 Å². The maximum Gasteiger partial charge on any atom is 0.233 e. The summed E-state index contributed by atoms with van der Waals surface area (Å²) in [6, 6.07) is 9.63. The van der Waals surface area contributed by atoms with Crippen LogP contribution in [0.4, 0.5) is 0 Å². The number of hydrogen-bond donors (Lipinski definition) is 2. The number of amides is 1. The lowest BCUT2D eigenvalue weighted by molar-refractivity contribution is -0.120. The summed E-state index contributed by atoms with van der Waals surface area (Å²) < 4.78 is 0. The summed E-state index contributed by atoms with van der Waals surface area (Å²) in [5.74, 6) is -0.282. The molecule has 1 unspecified atom stereocenters. The molecule has 0 bridgehead atoms. The molecule has 1 aromatic rings. The third-order valence-electron chi connectivity index (χ3n) is 2.27. The Labute approximate surface area is 101 Å². The summed E-state index contributed by atoms with van der Waals surface area (Å²) in [6.45, 7) is 4.50. The van der Waals surface area contributed by atoms with E-state index in [0.717, 1.165) is 5.56 Å². The number of nitrogens with one attached hydrogen (secondary N) is 2. The lowest BCUT2D eigenvalue weighted by atomic mass is 10.0. The first-order chi connectivity index (χ1) is 7.65. The Hall–Kier alpha value is -1.42. The summed E-state index contributed by atoms with van der Waals surface area (Å²) in [4.78, 5) is 11.8. The summed E-state index contributed by atoms with van der Waals surface area (Å²) in [5, 5.41) is 5.93. The van der Waals surface area contributed by atoms with E-state index in [4.69, 9.17) is 12.2 Å². The molecule has 3 nitrogen and oxygen atoms in total. The van der Waals surface area contributed by atoms with Gasteiger partial charge in [0.15, 0.2) is 5.11 Å². The smallest absolute Gasteiger partial charge is 0.233 e. The molecule has 0 aromatic heterocycles. The van der Waals surface area contributed by atoms with E-state index in [9.17, 15) is 4.79 Å². The molecule has 0 spiro atoms. The van der Waals surface area contributed by atoms with Gasteiger partial charge in [-0.1, -0.05) is 30.3 Å². The van der Waals surface area contributed by atoms with Crippen LogP contribution in [-0.2, 0) is 4.79 Å². The second-order valence-electron chi connectivity index (χ2n) is 3.48. The number of thiocarbonyl (C=S) groups is 1. The highest BCUT2D eigenvalue weighted by Gasteiger charge is 2.15. The predicted octanol–water partition coefficient (Wildman–Crippen LogP) is 1.80. The van der Waals surface area contributed by atoms with Gasteiger partial charge < -0.3 is 10.6 Å². The Morgan fingerprint density at radius 1 is 1.38 bits per heavy atom. The van der Waals surface area contributed by atoms with Crippen LogP contribution in [0.25, 0.3) is 0 Å². The Kier molecular flexibility index (Phi) is 4.92. The predicted molar refractivity (Wildman–Crippen MR) is 69.3 cm³/mol. The zero-order chi connectivity index (χ0) is 12.0. The summed E-state index contributed by atoms with van der Waals surface area (Å²) in [6.07, 6.45) is 0. The van der Waals surface area contributed by atoms with Crippen LogP contribution in [0.1, 0.15) is 25.3 Å². The maximum atomic E-state index is 11.8. The molecule has 1 aromatic carbocycles. The van der Waals surface area contributed by atoms with Gasteiger partial charge in [-0.05, 0) is 31.6 Å². The lowest BCUT2D eigenvalue weighted by Crippen LogP contribution is -2.40. The van der Waals surface area contributed by atoms with Gasteiger partial charge in [-0.25, -0.2) is 0 Å². The van der Waals surface area contributed by atoms with Crippen LogP contribution in [0.15, 0.2) is 30.3 Å². The van der Waals surface area contributed by atoms with Crippen molar-refractivity contribution in [3.05, 3.63) is 35.9 Å². The highest BCUT2D eigenvalue weighted by molar-refractivity contribution is 7.80. The van der Waals surface area contributed by atoms with Crippen molar-refractivity contribution >= 4 is 23.2 Å². The molecule has 86 valence electrons. The van der Waals surface area contributed by atoms with Gasteiger partial charge in [-0.3, -0.25) is 4.79 Å². The van der Waals surface area contributed by atoms with Gasteiger partial charge in [0.05, 0.1) is 5.92 Å². The van der Waals surface area contributed by atoms with E-state index in [1.54, 1.807) is 0 Å². The molecule has 0 saturated heterocycles. The van der Waals surface area contributed by atoms with Crippen molar-refractivity contribution < 1.29 is 4.79 Å². The standard InChI is InChI=1S/C12H16N2OS/c1-3-13-12(16)14-11(15)9(2)10-7-5-4-6-8-10/h4-9H,3H2,1-2H3,(H2,13,14,15,16). The second-order valence-corrected chi connectivity index (χ2v) is 3.89. The van der Waals surface area contributed by atoms with Crippen molar-refractivity contribution in [1.82, 2.24) is 10.6 Å². The third-order valence-corrected chi connectivity index (χ3v) is 2.51. The largest absolute Gasteiger partial charge is 0.363 e. The Morgan fingerprint density at radius 2 is 2.00 bits per heavy atom. The van der Waals surface area contributed by atoms with Crippen LogP contribution in [0.2, 0.25) is 0 Å². The highest BCUT2D eigenvalue weighted by Crippen LogP contribution is 2.13. The van der Waals surface area contributed by atoms with Crippen LogP contribution >= 0.6 is 12.2 Å². The Bertz CT molecular complexity index is 365. The number of hydrogen-bond acceptors (Lipinski definition) is 2. The minimum Gasteiger partial charge on any atom is -0.363 e. The van der Waals surface area contributed by atoms with E-state index >= 15 is 0 Å². The van der Waals surface area contributed by atoms with E-state index < -0.39 is 0 Å². The zero-order valence-electron chi connectivity index (χ0n) is 9.49. The van der Waals surface area contributed by atoms with Gasteiger partial charge in [0.2, 0.25) is 5.91 Å². The van der Waals surface area contributed by atoms with E-state index in [-0.39, 0.29) is 11.8 Å². The molecule has 4 heteroatoms. The number of carbonyl (C=O) groups is 1. The molecular formula is C12H16N2OS. The molecule has 0 aliphatic heterocycles. The van der Waals surface area contributed by atoms with Gasteiger partial charge in [-0.2, -0.15) is 0 Å². The summed E-state index contributed by atoms with van der Waals surface area (Å²) in [7, 11) is 0. The zero-order valence-corrected chi connectivity index (χ0v) is 10.3. The van der Waals surface area contributed by atoms with E-state index in [2.05, 4.69) is 10.6 Å². The van der Waals surface area contributed by atoms with Crippen LogP contribution < -0.4 is 10.6 Å². The number of rotatable bonds is 3. The average Bonchev–Trinajstić information content (AvgIpc) is 2.29. The molecule has 2 N–H and O–H groups in total. The minimum absolute atomic E-state index is 0.0860. The van der Waals surface area contributed by atoms with Gasteiger partial charge in [0.25, 0.3) is 0 Å². The fourth-order valence-corrected chi connectivity index (χ4v) is 1.56. The SMILES string of the molecule is CCNC(=S)NC(=O)C(C)c1ccccc1. The topological polar surface area (TPSA) is 41.1 Å². The third kappa shape index (κ3) is 3.62. The number of carbonyl (C=O) groups excluding carboxylic acids is 1. The fraction of sp³-hybridized carbons (Fsp3) is 0.333. The Balaban J connectivity index is 2.58. The van der Waals surface area contributed by atoms with Crippen molar-refractivity contribution in [2.24, 2.45) is 0 Å². The molecule has 0 fully saturated rings. The molecule has 0 aliphatic rings. The minimum atomic E-state index is -0.196. The van der Waals surface area contributed by atoms with Crippen LogP contribution in [-0.4, -0.2) is 17.6 Å². The van der Waals surface area contributed by atoms with E-state index in [0.29, 0.717) is 11.7 Å². The normalized spacial score (nSPS) is 11.6. The molecule has 0 radical (unpaired) electrons. The molecular weight excluding hydrogens is 220 g/mol. The van der Waals surface area contributed by atoms with Crippen molar-refractivity contribution in [1.29, 1.82) is 0 Å². The van der Waals surface area contributed by atoms with Gasteiger partial charge in [-0.15, -0.1) is 0 Å². The first-order valence-corrected chi connectivity index (χ1v) is 5.69. The second kappa shape index (κ2) is 6.23. The molecule has 1 atom stereocenters. The number of benzene rings is 1. The van der Waals surface area contributed by atoms with Crippen molar-refractivity contribution in [2.45, 2.75) is 19.8 Å². The van der Waals surface area contributed by atoms with Gasteiger partial charge in [0.1, 0.15) is 0 Å². The Morgan fingerprint density at radius 3 is 2.56 bits per heavy atom. The first kappa shape index (κ1) is 12.6. The lowest BCUT2D eigenvalue weighted by Gasteiger charge is -2.13. The monoisotopic (exact) mass is 236 g/mol. The van der Waals surface area contributed by atoms with E-state index in [1.165, 1.54) is 0 Å². The molecule has 0 aliphatic carbocycles. The van der Waals surface area contributed by atoms with Gasteiger partial charge in [0, 0.05) is 6.54 Å². The van der Waals surface area contributed by atoms with Crippen LogP contribution in [0.5, 0.6) is 0 Å². The fourth-order valence-electron chi connectivity index (χ4n) is 1.32. The summed E-state index contributed by atoms with van der Waals surface area (Å²) >= 11 is 4.96. The van der Waals surface area contributed by atoms with Crippen molar-refractivity contribution in [3.63, 3.8) is 0 Å². The average molecular weight is 236 g/mol.